The number of halogens is 3. The third-order valence-corrected chi connectivity index (χ3v) is 4.58. The molecule has 0 radical (unpaired) electrons. The van der Waals surface area contributed by atoms with E-state index in [1.165, 1.54) is 24.3 Å². The number of benzene rings is 2. The maximum absolute atomic E-state index is 12.3. The van der Waals surface area contributed by atoms with Crippen molar-refractivity contribution < 1.29 is 27.8 Å². The van der Waals surface area contributed by atoms with Crippen LogP contribution in [0.2, 0.25) is 0 Å². The molecule has 0 unspecified atom stereocenters. The summed E-state index contributed by atoms with van der Waals surface area (Å²) in [5.74, 6) is 0.724. The molecule has 0 spiro atoms. The highest BCUT2D eigenvalue weighted by Gasteiger charge is 2.31. The van der Waals surface area contributed by atoms with Gasteiger partial charge < -0.3 is 14.6 Å². The van der Waals surface area contributed by atoms with E-state index in [0.29, 0.717) is 34.4 Å². The van der Waals surface area contributed by atoms with Gasteiger partial charge in [-0.15, -0.1) is 13.2 Å². The number of pyridine rings is 1. The van der Waals surface area contributed by atoms with Crippen LogP contribution in [0.1, 0.15) is 29.3 Å². The second-order valence-electron chi connectivity index (χ2n) is 6.55. The third kappa shape index (κ3) is 3.83. The average Bonchev–Trinajstić information content (AvgIpc) is 2.61. The molecule has 3 aromatic rings. The number of fused-ring (bicyclic) bond motifs is 1. The van der Waals surface area contributed by atoms with Crippen molar-refractivity contribution >= 4 is 10.9 Å². The Hall–Kier alpha value is -2.96. The number of hydrogen-bond donors (Lipinski definition) is 1. The SMILES string of the molecule is CCc1nc2cc(C)c(Oc3ccc(OC(F)(F)F)cc3)c(C)c2c(O)c1C. The van der Waals surface area contributed by atoms with Gasteiger partial charge in [-0.3, -0.25) is 4.98 Å². The highest BCUT2D eigenvalue weighted by Crippen LogP contribution is 2.40. The summed E-state index contributed by atoms with van der Waals surface area (Å²) < 4.78 is 46.6. The fraction of sp³-hybridized carbons (Fsp3) is 0.286. The lowest BCUT2D eigenvalue weighted by Gasteiger charge is -2.17. The standard InChI is InChI=1S/C21H20F3NO3/c1-5-16-12(3)19(26)18-13(4)20(11(2)10-17(18)25-16)27-14-6-8-15(9-7-14)28-21(22,23)24/h6-10H,5H2,1-4H3,(H,25,26). The van der Waals surface area contributed by atoms with E-state index in [1.54, 1.807) is 0 Å². The Kier molecular flexibility index (Phi) is 5.10. The number of aryl methyl sites for hydroxylation is 3. The predicted octanol–water partition coefficient (Wildman–Crippen LogP) is 6.12. The highest BCUT2D eigenvalue weighted by molar-refractivity contribution is 5.92. The maximum atomic E-state index is 12.3. The molecule has 0 aliphatic heterocycles. The van der Waals surface area contributed by atoms with Gasteiger partial charge in [0.1, 0.15) is 23.0 Å². The quantitative estimate of drug-likeness (QED) is 0.582. The lowest BCUT2D eigenvalue weighted by molar-refractivity contribution is -0.274. The van der Waals surface area contributed by atoms with E-state index in [4.69, 9.17) is 4.74 Å². The Bertz CT molecular complexity index is 1030. The number of aromatic nitrogens is 1. The topological polar surface area (TPSA) is 51.6 Å². The first kappa shape index (κ1) is 19.8. The Labute approximate surface area is 160 Å². The van der Waals surface area contributed by atoms with Crippen LogP contribution in [0.4, 0.5) is 13.2 Å². The molecule has 0 aliphatic carbocycles. The van der Waals surface area contributed by atoms with Crippen molar-refractivity contribution in [1.29, 1.82) is 0 Å². The number of aromatic hydroxyl groups is 1. The van der Waals surface area contributed by atoms with E-state index in [0.717, 1.165) is 16.8 Å². The van der Waals surface area contributed by atoms with Crippen LogP contribution in [0.15, 0.2) is 30.3 Å². The summed E-state index contributed by atoms with van der Waals surface area (Å²) in [5.41, 5.74) is 3.75. The van der Waals surface area contributed by atoms with Crippen molar-refractivity contribution in [2.45, 2.75) is 40.5 Å². The van der Waals surface area contributed by atoms with Crippen LogP contribution < -0.4 is 9.47 Å². The summed E-state index contributed by atoms with van der Waals surface area (Å²) in [7, 11) is 0. The number of ether oxygens (including phenoxy) is 2. The molecular weight excluding hydrogens is 371 g/mol. The minimum absolute atomic E-state index is 0.165. The molecule has 0 aliphatic rings. The summed E-state index contributed by atoms with van der Waals surface area (Å²) in [6, 6.07) is 7.00. The van der Waals surface area contributed by atoms with Crippen LogP contribution in [0.3, 0.4) is 0 Å². The summed E-state index contributed by atoms with van der Waals surface area (Å²) in [5, 5.41) is 11.3. The molecule has 7 heteroatoms. The molecule has 0 amide bonds. The number of rotatable bonds is 4. The van der Waals surface area contributed by atoms with E-state index >= 15 is 0 Å². The molecule has 0 bridgehead atoms. The third-order valence-electron chi connectivity index (χ3n) is 4.58. The summed E-state index contributed by atoms with van der Waals surface area (Å²) in [6.45, 7) is 7.47. The highest BCUT2D eigenvalue weighted by atomic mass is 19.4. The van der Waals surface area contributed by atoms with Crippen LogP contribution >= 0.6 is 0 Å². The van der Waals surface area contributed by atoms with Crippen molar-refractivity contribution in [3.63, 3.8) is 0 Å². The summed E-state index contributed by atoms with van der Waals surface area (Å²) in [4.78, 5) is 4.63. The van der Waals surface area contributed by atoms with Gasteiger partial charge in [0, 0.05) is 22.2 Å². The average molecular weight is 391 g/mol. The number of nitrogens with zero attached hydrogens (tertiary/aromatic N) is 1. The number of hydrogen-bond acceptors (Lipinski definition) is 4. The summed E-state index contributed by atoms with van der Waals surface area (Å²) in [6.07, 6.45) is -4.04. The van der Waals surface area contributed by atoms with Crippen LogP contribution in [0, 0.1) is 20.8 Å². The van der Waals surface area contributed by atoms with Gasteiger partial charge in [0.05, 0.1) is 5.52 Å². The molecule has 148 valence electrons. The zero-order valence-corrected chi connectivity index (χ0v) is 15.9. The Morgan fingerprint density at radius 1 is 1.00 bits per heavy atom. The van der Waals surface area contributed by atoms with E-state index in [1.807, 2.05) is 33.8 Å². The molecule has 3 rings (SSSR count). The monoisotopic (exact) mass is 391 g/mol. The Morgan fingerprint density at radius 2 is 1.61 bits per heavy atom. The van der Waals surface area contributed by atoms with Crippen molar-refractivity contribution in [1.82, 2.24) is 4.98 Å². The van der Waals surface area contributed by atoms with Crippen molar-refractivity contribution in [3.8, 4) is 23.0 Å². The van der Waals surface area contributed by atoms with Gasteiger partial charge in [0.2, 0.25) is 0 Å². The second kappa shape index (κ2) is 7.22. The van der Waals surface area contributed by atoms with Crippen molar-refractivity contribution in [2.24, 2.45) is 0 Å². The smallest absolute Gasteiger partial charge is 0.507 e. The van der Waals surface area contributed by atoms with E-state index in [9.17, 15) is 18.3 Å². The van der Waals surface area contributed by atoms with Gasteiger partial charge in [-0.25, -0.2) is 0 Å². The Balaban J connectivity index is 2.01. The molecule has 2 aromatic carbocycles. The second-order valence-corrected chi connectivity index (χ2v) is 6.55. The van der Waals surface area contributed by atoms with Gasteiger partial charge in [-0.05, 0) is 63.1 Å². The van der Waals surface area contributed by atoms with Crippen LogP contribution in [-0.4, -0.2) is 16.5 Å². The zero-order valence-electron chi connectivity index (χ0n) is 15.9. The van der Waals surface area contributed by atoms with Gasteiger partial charge in [-0.2, -0.15) is 0 Å². The largest absolute Gasteiger partial charge is 0.573 e. The lowest BCUT2D eigenvalue weighted by atomic mass is 10.00. The first-order valence-corrected chi connectivity index (χ1v) is 8.76. The molecule has 0 fully saturated rings. The minimum Gasteiger partial charge on any atom is -0.507 e. The first-order chi connectivity index (χ1) is 13.1. The normalized spacial score (nSPS) is 11.7. The van der Waals surface area contributed by atoms with Crippen molar-refractivity contribution in [2.75, 3.05) is 0 Å². The molecule has 28 heavy (non-hydrogen) atoms. The molecule has 1 N–H and O–H groups in total. The van der Waals surface area contributed by atoms with Crippen LogP contribution in [0.5, 0.6) is 23.0 Å². The summed E-state index contributed by atoms with van der Waals surface area (Å²) >= 11 is 0. The van der Waals surface area contributed by atoms with E-state index < -0.39 is 6.36 Å². The fourth-order valence-corrected chi connectivity index (χ4v) is 3.21. The molecule has 4 nitrogen and oxygen atoms in total. The van der Waals surface area contributed by atoms with Gasteiger partial charge >= 0.3 is 6.36 Å². The lowest BCUT2D eigenvalue weighted by Crippen LogP contribution is -2.16. The molecular formula is C21H20F3NO3. The van der Waals surface area contributed by atoms with Gasteiger partial charge in [-0.1, -0.05) is 6.92 Å². The maximum Gasteiger partial charge on any atom is 0.573 e. The zero-order chi connectivity index (χ0) is 20.6. The number of alkyl halides is 3. The molecule has 0 atom stereocenters. The van der Waals surface area contributed by atoms with Gasteiger partial charge in [0.25, 0.3) is 0 Å². The van der Waals surface area contributed by atoms with E-state index in [-0.39, 0.29) is 11.5 Å². The molecule has 0 saturated carbocycles. The van der Waals surface area contributed by atoms with Crippen molar-refractivity contribution in [3.05, 3.63) is 52.7 Å². The molecule has 0 saturated heterocycles. The molecule has 1 aromatic heterocycles. The fourth-order valence-electron chi connectivity index (χ4n) is 3.21. The Morgan fingerprint density at radius 3 is 2.18 bits per heavy atom. The van der Waals surface area contributed by atoms with Crippen LogP contribution in [0.25, 0.3) is 10.9 Å². The van der Waals surface area contributed by atoms with Gasteiger partial charge in [0.15, 0.2) is 0 Å². The molecule has 1 heterocycles. The van der Waals surface area contributed by atoms with E-state index in [2.05, 4.69) is 9.72 Å². The minimum atomic E-state index is -4.74. The predicted molar refractivity (Wildman–Crippen MR) is 100 cm³/mol. The first-order valence-electron chi connectivity index (χ1n) is 8.76. The van der Waals surface area contributed by atoms with Crippen LogP contribution in [-0.2, 0) is 6.42 Å².